The number of nitrogens with zero attached hydrogens (tertiary/aromatic N) is 3. The summed E-state index contributed by atoms with van der Waals surface area (Å²) >= 11 is 0. The zero-order chi connectivity index (χ0) is 14.7. The van der Waals surface area contributed by atoms with Gasteiger partial charge in [-0.25, -0.2) is 14.4 Å². The van der Waals surface area contributed by atoms with E-state index in [0.717, 1.165) is 0 Å². The molecule has 0 aliphatic rings. The summed E-state index contributed by atoms with van der Waals surface area (Å²) in [4.78, 5) is 8.80. The number of hydrogen-bond acceptors (Lipinski definition) is 4. The fourth-order valence-corrected chi connectivity index (χ4v) is 1.80. The van der Waals surface area contributed by atoms with Crippen molar-refractivity contribution < 1.29 is 4.39 Å². The van der Waals surface area contributed by atoms with Gasteiger partial charge in [-0.1, -0.05) is 13.8 Å². The van der Waals surface area contributed by atoms with E-state index in [2.05, 4.69) is 15.3 Å². The Bertz CT molecular complexity index is 674. The molecule has 1 aromatic heterocycles. The molecule has 2 aromatic rings. The molecule has 1 N–H and O–H groups in total. The van der Waals surface area contributed by atoms with E-state index in [4.69, 9.17) is 5.26 Å². The molecule has 0 aliphatic heterocycles. The van der Waals surface area contributed by atoms with Crippen molar-refractivity contribution >= 4 is 5.82 Å². The van der Waals surface area contributed by atoms with Crippen LogP contribution in [0.5, 0.6) is 0 Å². The Labute approximate surface area is 117 Å². The molecule has 5 heteroatoms. The third-order valence-electron chi connectivity index (χ3n) is 2.84. The monoisotopic (exact) mass is 270 g/mol. The summed E-state index contributed by atoms with van der Waals surface area (Å²) in [6.45, 7) is 3.98. The fraction of sp³-hybridized carbons (Fsp3) is 0.267. The van der Waals surface area contributed by atoms with Crippen LogP contribution in [-0.2, 0) is 0 Å². The van der Waals surface area contributed by atoms with Crippen molar-refractivity contribution in [3.63, 3.8) is 0 Å². The first kappa shape index (κ1) is 13.9. The van der Waals surface area contributed by atoms with Crippen molar-refractivity contribution in [3.05, 3.63) is 41.5 Å². The Kier molecular flexibility index (Phi) is 3.94. The average Bonchev–Trinajstić information content (AvgIpc) is 2.45. The topological polar surface area (TPSA) is 61.6 Å². The largest absolute Gasteiger partial charge is 0.373 e. The summed E-state index contributed by atoms with van der Waals surface area (Å²) in [6.07, 6.45) is 0. The third kappa shape index (κ3) is 2.91. The lowest BCUT2D eigenvalue weighted by atomic mass is 10.1. The maximum atomic E-state index is 13.5. The van der Waals surface area contributed by atoms with E-state index >= 15 is 0 Å². The van der Waals surface area contributed by atoms with Gasteiger partial charge in [0.15, 0.2) is 0 Å². The van der Waals surface area contributed by atoms with Gasteiger partial charge in [-0.2, -0.15) is 5.26 Å². The molecule has 0 fully saturated rings. The van der Waals surface area contributed by atoms with Crippen LogP contribution in [0.3, 0.4) is 0 Å². The number of nitriles is 1. The second kappa shape index (κ2) is 5.66. The number of halogens is 1. The van der Waals surface area contributed by atoms with Crippen LogP contribution in [-0.4, -0.2) is 17.0 Å². The molecule has 1 aromatic carbocycles. The van der Waals surface area contributed by atoms with Crippen LogP contribution in [0.15, 0.2) is 24.3 Å². The zero-order valence-electron chi connectivity index (χ0n) is 11.6. The van der Waals surface area contributed by atoms with Gasteiger partial charge in [-0.05, 0) is 18.2 Å². The minimum absolute atomic E-state index is 0.158. The van der Waals surface area contributed by atoms with E-state index < -0.39 is 5.82 Å². The summed E-state index contributed by atoms with van der Waals surface area (Å²) in [6, 6.07) is 7.87. The number of benzene rings is 1. The summed E-state index contributed by atoms with van der Waals surface area (Å²) in [5.41, 5.74) is 1.45. The lowest BCUT2D eigenvalue weighted by Gasteiger charge is -2.10. The SMILES string of the molecule is CNc1cc(-c2cc(F)cc(C#N)c2)nc(C(C)C)n1. The molecular formula is C15H15FN4. The second-order valence-electron chi connectivity index (χ2n) is 4.74. The molecule has 0 aliphatic carbocycles. The molecule has 0 saturated carbocycles. The standard InChI is InChI=1S/C15H15FN4/c1-9(2)15-19-13(7-14(18-3)20-15)11-4-10(8-17)5-12(16)6-11/h4-7,9H,1-3H3,(H,18,19,20). The maximum Gasteiger partial charge on any atom is 0.133 e. The third-order valence-corrected chi connectivity index (χ3v) is 2.84. The van der Waals surface area contributed by atoms with Crippen molar-refractivity contribution in [1.29, 1.82) is 5.26 Å². The quantitative estimate of drug-likeness (QED) is 0.929. The normalized spacial score (nSPS) is 10.4. The van der Waals surface area contributed by atoms with Gasteiger partial charge in [0.05, 0.1) is 17.3 Å². The van der Waals surface area contributed by atoms with E-state index in [1.165, 1.54) is 12.1 Å². The van der Waals surface area contributed by atoms with Gasteiger partial charge in [0.2, 0.25) is 0 Å². The van der Waals surface area contributed by atoms with Crippen LogP contribution < -0.4 is 5.32 Å². The van der Waals surface area contributed by atoms with Gasteiger partial charge in [0.25, 0.3) is 0 Å². The molecule has 102 valence electrons. The van der Waals surface area contributed by atoms with E-state index in [1.54, 1.807) is 19.2 Å². The van der Waals surface area contributed by atoms with E-state index in [0.29, 0.717) is 22.9 Å². The summed E-state index contributed by atoms with van der Waals surface area (Å²) < 4.78 is 13.5. The molecule has 0 radical (unpaired) electrons. The first-order valence-electron chi connectivity index (χ1n) is 6.31. The van der Waals surface area contributed by atoms with Gasteiger partial charge < -0.3 is 5.32 Å². The minimum atomic E-state index is -0.449. The van der Waals surface area contributed by atoms with Crippen LogP contribution in [0.2, 0.25) is 0 Å². The predicted molar refractivity (Wildman–Crippen MR) is 75.8 cm³/mol. The van der Waals surface area contributed by atoms with Crippen LogP contribution in [0.1, 0.15) is 31.2 Å². The first-order valence-corrected chi connectivity index (χ1v) is 6.31. The van der Waals surface area contributed by atoms with E-state index in [-0.39, 0.29) is 11.5 Å². The molecular weight excluding hydrogens is 255 g/mol. The van der Waals surface area contributed by atoms with Gasteiger partial charge >= 0.3 is 0 Å². The number of rotatable bonds is 3. The fourth-order valence-electron chi connectivity index (χ4n) is 1.80. The molecule has 0 amide bonds. The highest BCUT2D eigenvalue weighted by Crippen LogP contribution is 2.24. The zero-order valence-corrected chi connectivity index (χ0v) is 11.6. The minimum Gasteiger partial charge on any atom is -0.373 e. The van der Waals surface area contributed by atoms with Crippen molar-refractivity contribution in [3.8, 4) is 17.3 Å². The molecule has 0 atom stereocenters. The van der Waals surface area contributed by atoms with Crippen LogP contribution in [0.25, 0.3) is 11.3 Å². The second-order valence-corrected chi connectivity index (χ2v) is 4.74. The molecule has 0 saturated heterocycles. The van der Waals surface area contributed by atoms with E-state index in [1.807, 2.05) is 19.9 Å². The van der Waals surface area contributed by atoms with Crippen LogP contribution in [0, 0.1) is 17.1 Å². The lowest BCUT2D eigenvalue weighted by molar-refractivity contribution is 0.627. The highest BCUT2D eigenvalue weighted by atomic mass is 19.1. The Hall–Kier alpha value is -2.48. The van der Waals surface area contributed by atoms with Crippen LogP contribution in [0.4, 0.5) is 10.2 Å². The van der Waals surface area contributed by atoms with Crippen molar-refractivity contribution in [1.82, 2.24) is 9.97 Å². The summed E-state index contributed by atoms with van der Waals surface area (Å²) in [5, 5.41) is 11.9. The lowest BCUT2D eigenvalue weighted by Crippen LogP contribution is -2.03. The summed E-state index contributed by atoms with van der Waals surface area (Å²) in [7, 11) is 1.77. The molecule has 2 rings (SSSR count). The number of anilines is 1. The highest BCUT2D eigenvalue weighted by molar-refractivity contribution is 5.64. The Morgan fingerprint density at radius 1 is 1.20 bits per heavy atom. The van der Waals surface area contributed by atoms with Gasteiger partial charge in [0.1, 0.15) is 17.5 Å². The summed E-state index contributed by atoms with van der Waals surface area (Å²) in [5.74, 6) is 1.05. The molecule has 0 bridgehead atoms. The van der Waals surface area contributed by atoms with Crippen molar-refractivity contribution in [2.24, 2.45) is 0 Å². The van der Waals surface area contributed by atoms with Crippen molar-refractivity contribution in [2.45, 2.75) is 19.8 Å². The highest BCUT2D eigenvalue weighted by Gasteiger charge is 2.10. The maximum absolute atomic E-state index is 13.5. The van der Waals surface area contributed by atoms with Gasteiger partial charge in [-0.15, -0.1) is 0 Å². The number of hydrogen-bond donors (Lipinski definition) is 1. The number of nitrogens with one attached hydrogen (secondary N) is 1. The van der Waals surface area contributed by atoms with E-state index in [9.17, 15) is 4.39 Å². The Balaban J connectivity index is 2.60. The molecule has 20 heavy (non-hydrogen) atoms. The predicted octanol–water partition coefficient (Wildman–Crippen LogP) is 3.32. The molecule has 4 nitrogen and oxygen atoms in total. The van der Waals surface area contributed by atoms with Crippen LogP contribution >= 0.6 is 0 Å². The number of aromatic nitrogens is 2. The molecule has 0 unspecified atom stereocenters. The Morgan fingerprint density at radius 2 is 1.95 bits per heavy atom. The van der Waals surface area contributed by atoms with Gasteiger partial charge in [0, 0.05) is 24.6 Å². The smallest absolute Gasteiger partial charge is 0.133 e. The molecule has 1 heterocycles. The average molecular weight is 270 g/mol. The Morgan fingerprint density at radius 3 is 2.55 bits per heavy atom. The first-order chi connectivity index (χ1) is 9.53. The molecule has 0 spiro atoms. The van der Waals surface area contributed by atoms with Gasteiger partial charge in [-0.3, -0.25) is 0 Å². The van der Waals surface area contributed by atoms with Crippen molar-refractivity contribution in [2.75, 3.05) is 12.4 Å².